The fraction of sp³-hybridized carbons (Fsp3) is 0.242. The molecule has 1 atom stereocenters. The van der Waals surface area contributed by atoms with Crippen molar-refractivity contribution in [2.24, 2.45) is 0 Å². The second kappa shape index (κ2) is 11.9. The Hall–Kier alpha value is -4.64. The first kappa shape index (κ1) is 27.2. The molecule has 218 valence electrons. The van der Waals surface area contributed by atoms with Gasteiger partial charge in [-0.2, -0.15) is 5.10 Å². The van der Waals surface area contributed by atoms with E-state index in [1.807, 2.05) is 52.0 Å². The molecule has 0 radical (unpaired) electrons. The summed E-state index contributed by atoms with van der Waals surface area (Å²) in [5.41, 5.74) is 5.64. The second-order valence-corrected chi connectivity index (χ2v) is 10.9. The van der Waals surface area contributed by atoms with Gasteiger partial charge in [-0.15, -0.1) is 0 Å². The van der Waals surface area contributed by atoms with Crippen LogP contribution >= 0.6 is 0 Å². The van der Waals surface area contributed by atoms with E-state index in [0.717, 1.165) is 70.5 Å². The number of β-amino-alcohol motifs (C(OH)–C–C–N with tert-alkyl or cyclic N) is 1. The molecular weight excluding hydrogens is 545 g/mol. The molecule has 1 fully saturated rings. The molecule has 6 aromatic rings. The Balaban J connectivity index is 1.09. The zero-order chi connectivity index (χ0) is 29.2. The molecule has 4 heterocycles. The van der Waals surface area contributed by atoms with Crippen molar-refractivity contribution in [3.63, 3.8) is 0 Å². The predicted molar refractivity (Wildman–Crippen MR) is 165 cm³/mol. The number of nitrogens with zero attached hydrogens (tertiary/aromatic N) is 6. The first-order valence-electron chi connectivity index (χ1n) is 14.4. The molecule has 1 aliphatic heterocycles. The molecule has 0 spiro atoms. The van der Waals surface area contributed by atoms with Crippen LogP contribution in [0.15, 0.2) is 91.6 Å². The summed E-state index contributed by atoms with van der Waals surface area (Å²) in [6, 6.07) is 20.8. The standard InChI is InChI=1S/C33H32FN7O2/c34-27-3-1-2-23(14-27)18-41-32-7-5-28(15-26(32)17-37-41)38-33-30-16-24(4-6-31(30)35-22-36-33)25-8-9-40(19-25)21-29(42)20-39-10-12-43-13-11-39/h1-9,14-17,19,22,29,42H,10-13,18,20-21H2,(H,35,36,38)/t29-/m1/s1. The molecule has 9 nitrogen and oxygen atoms in total. The number of fused-ring (bicyclic) bond motifs is 2. The largest absolute Gasteiger partial charge is 0.390 e. The summed E-state index contributed by atoms with van der Waals surface area (Å²) in [4.78, 5) is 11.3. The predicted octanol–water partition coefficient (Wildman–Crippen LogP) is 5.07. The number of aromatic nitrogens is 5. The van der Waals surface area contributed by atoms with Gasteiger partial charge in [0.15, 0.2) is 0 Å². The van der Waals surface area contributed by atoms with Crippen LogP contribution in [0.1, 0.15) is 5.56 Å². The van der Waals surface area contributed by atoms with E-state index < -0.39 is 6.10 Å². The molecule has 43 heavy (non-hydrogen) atoms. The third-order valence-electron chi connectivity index (χ3n) is 7.84. The topological polar surface area (TPSA) is 93.3 Å². The number of ether oxygens (including phenoxy) is 1. The number of nitrogens with one attached hydrogen (secondary N) is 1. The molecule has 0 aliphatic carbocycles. The summed E-state index contributed by atoms with van der Waals surface area (Å²) in [6.45, 7) is 4.82. The molecule has 3 aromatic heterocycles. The number of morpholine rings is 1. The smallest absolute Gasteiger partial charge is 0.141 e. The van der Waals surface area contributed by atoms with Gasteiger partial charge in [0.2, 0.25) is 0 Å². The number of benzene rings is 3. The molecule has 0 saturated carbocycles. The lowest BCUT2D eigenvalue weighted by Gasteiger charge is -2.28. The highest BCUT2D eigenvalue weighted by atomic mass is 19.1. The third-order valence-corrected chi connectivity index (χ3v) is 7.84. The number of rotatable bonds is 9. The highest BCUT2D eigenvalue weighted by Gasteiger charge is 2.16. The number of aliphatic hydroxyl groups excluding tert-OH is 1. The summed E-state index contributed by atoms with van der Waals surface area (Å²) in [7, 11) is 0. The maximum absolute atomic E-state index is 13.7. The van der Waals surface area contributed by atoms with Gasteiger partial charge in [-0.1, -0.05) is 18.2 Å². The molecule has 1 aliphatic rings. The molecule has 0 unspecified atom stereocenters. The molecule has 3 aromatic carbocycles. The Bertz CT molecular complexity index is 1880. The third kappa shape index (κ3) is 6.12. The van der Waals surface area contributed by atoms with Crippen LogP contribution < -0.4 is 5.32 Å². The first-order valence-corrected chi connectivity index (χ1v) is 14.4. The van der Waals surface area contributed by atoms with E-state index in [2.05, 4.69) is 49.7 Å². The summed E-state index contributed by atoms with van der Waals surface area (Å²) in [5, 5.41) is 20.5. The van der Waals surface area contributed by atoms with Crippen LogP contribution in [0.25, 0.3) is 32.9 Å². The molecule has 2 N–H and O–H groups in total. The summed E-state index contributed by atoms with van der Waals surface area (Å²) in [5.74, 6) is 0.454. The minimum absolute atomic E-state index is 0.253. The van der Waals surface area contributed by atoms with Gasteiger partial charge in [-0.3, -0.25) is 9.58 Å². The van der Waals surface area contributed by atoms with E-state index in [4.69, 9.17) is 4.74 Å². The van der Waals surface area contributed by atoms with Crippen LogP contribution in [0.4, 0.5) is 15.9 Å². The van der Waals surface area contributed by atoms with Crippen molar-refractivity contribution in [1.29, 1.82) is 0 Å². The number of anilines is 2. The molecule has 1 saturated heterocycles. The van der Waals surface area contributed by atoms with Gasteiger partial charge in [0.1, 0.15) is 18.0 Å². The normalized spacial score (nSPS) is 14.8. The minimum Gasteiger partial charge on any atom is -0.390 e. The van der Waals surface area contributed by atoms with Crippen molar-refractivity contribution in [2.45, 2.75) is 19.2 Å². The minimum atomic E-state index is -0.454. The van der Waals surface area contributed by atoms with Gasteiger partial charge in [-0.25, -0.2) is 14.4 Å². The maximum atomic E-state index is 13.7. The van der Waals surface area contributed by atoms with Crippen LogP contribution in [0.3, 0.4) is 0 Å². The monoisotopic (exact) mass is 577 g/mol. The Morgan fingerprint density at radius 2 is 1.86 bits per heavy atom. The van der Waals surface area contributed by atoms with Gasteiger partial charge in [0.25, 0.3) is 0 Å². The lowest BCUT2D eigenvalue weighted by Crippen LogP contribution is -2.41. The average Bonchev–Trinajstić information content (AvgIpc) is 3.64. The van der Waals surface area contributed by atoms with Crippen LogP contribution in [0.2, 0.25) is 0 Å². The zero-order valence-electron chi connectivity index (χ0n) is 23.6. The van der Waals surface area contributed by atoms with Gasteiger partial charge >= 0.3 is 0 Å². The van der Waals surface area contributed by atoms with Crippen molar-refractivity contribution >= 4 is 33.3 Å². The second-order valence-electron chi connectivity index (χ2n) is 10.9. The van der Waals surface area contributed by atoms with E-state index in [-0.39, 0.29) is 5.82 Å². The Labute approximate surface area is 248 Å². The molecule has 0 amide bonds. The van der Waals surface area contributed by atoms with Gasteiger partial charge in [0.05, 0.1) is 43.1 Å². The highest BCUT2D eigenvalue weighted by molar-refractivity contribution is 5.94. The van der Waals surface area contributed by atoms with E-state index in [1.165, 1.54) is 12.1 Å². The van der Waals surface area contributed by atoms with Gasteiger partial charge in [-0.05, 0) is 65.2 Å². The quantitative estimate of drug-likeness (QED) is 0.248. The van der Waals surface area contributed by atoms with Gasteiger partial charge < -0.3 is 19.7 Å². The van der Waals surface area contributed by atoms with Gasteiger partial charge in [0, 0.05) is 55.0 Å². The van der Waals surface area contributed by atoms with Crippen molar-refractivity contribution in [3.05, 3.63) is 103 Å². The van der Waals surface area contributed by atoms with E-state index >= 15 is 0 Å². The average molecular weight is 578 g/mol. The SMILES string of the molecule is O[C@H](CN1CCOCC1)Cn1ccc(-c2ccc3ncnc(Nc4ccc5c(cnn5Cc5cccc(F)c5)c4)c3c2)c1. The lowest BCUT2D eigenvalue weighted by atomic mass is 10.1. The molecule has 10 heteroatoms. The van der Waals surface area contributed by atoms with Crippen molar-refractivity contribution in [2.75, 3.05) is 38.2 Å². The summed E-state index contributed by atoms with van der Waals surface area (Å²) >= 11 is 0. The number of aliphatic hydroxyl groups is 1. The fourth-order valence-corrected chi connectivity index (χ4v) is 5.68. The van der Waals surface area contributed by atoms with E-state index in [0.29, 0.717) is 25.5 Å². The van der Waals surface area contributed by atoms with Crippen LogP contribution in [0.5, 0.6) is 0 Å². The van der Waals surface area contributed by atoms with Crippen molar-refractivity contribution in [3.8, 4) is 11.1 Å². The molecular formula is C33H32FN7O2. The summed E-state index contributed by atoms with van der Waals surface area (Å²) < 4.78 is 23.0. The number of halogens is 1. The van der Waals surface area contributed by atoms with Crippen molar-refractivity contribution in [1.82, 2.24) is 29.2 Å². The zero-order valence-corrected chi connectivity index (χ0v) is 23.6. The molecule has 0 bridgehead atoms. The van der Waals surface area contributed by atoms with E-state index in [1.54, 1.807) is 12.4 Å². The maximum Gasteiger partial charge on any atom is 0.141 e. The highest BCUT2D eigenvalue weighted by Crippen LogP contribution is 2.30. The number of hydrogen-bond acceptors (Lipinski definition) is 7. The Morgan fingerprint density at radius 3 is 2.74 bits per heavy atom. The van der Waals surface area contributed by atoms with Crippen molar-refractivity contribution < 1.29 is 14.2 Å². The molecule has 7 rings (SSSR count). The van der Waals surface area contributed by atoms with E-state index in [9.17, 15) is 9.50 Å². The summed E-state index contributed by atoms with van der Waals surface area (Å²) in [6.07, 6.45) is 7.00. The Morgan fingerprint density at radius 1 is 0.953 bits per heavy atom. The first-order chi connectivity index (χ1) is 21.1. The van der Waals surface area contributed by atoms with Crippen LogP contribution in [-0.4, -0.2) is 73.3 Å². The lowest BCUT2D eigenvalue weighted by molar-refractivity contribution is 0.0115. The fourth-order valence-electron chi connectivity index (χ4n) is 5.68. The van der Waals surface area contributed by atoms with Crippen LogP contribution in [-0.2, 0) is 17.8 Å². The van der Waals surface area contributed by atoms with Crippen LogP contribution in [0, 0.1) is 5.82 Å². The number of hydrogen-bond donors (Lipinski definition) is 2. The Kier molecular flexibility index (Phi) is 7.55.